The van der Waals surface area contributed by atoms with E-state index >= 15 is 0 Å². The minimum absolute atomic E-state index is 0.121. The maximum Gasteiger partial charge on any atom is 0.449 e. The summed E-state index contributed by atoms with van der Waals surface area (Å²) in [5.74, 6) is -1.92. The predicted octanol–water partition coefficient (Wildman–Crippen LogP) is 3.58. The average Bonchev–Trinajstić information content (AvgIpc) is 2.45. The fourth-order valence-corrected chi connectivity index (χ4v) is 2.64. The summed E-state index contributed by atoms with van der Waals surface area (Å²) >= 11 is 0. The third-order valence-electron chi connectivity index (χ3n) is 3.57. The number of phenols is 1. The van der Waals surface area contributed by atoms with Crippen LogP contribution in [0.25, 0.3) is 21.9 Å². The van der Waals surface area contributed by atoms with Gasteiger partial charge in [0.05, 0.1) is 5.39 Å². The Bertz CT molecular complexity index is 1060. The largest absolute Gasteiger partial charge is 0.507 e. The molecule has 0 atom stereocenters. The van der Waals surface area contributed by atoms with Crippen LogP contribution < -0.4 is 11.1 Å². The molecule has 0 unspecified atom stereocenters. The SMILES string of the molecule is CCCc1cc(=O)oc2c1c(O)cc1oc(C(F)(F)F)cc(=O)c12. The molecule has 5 nitrogen and oxygen atoms in total. The first kappa shape index (κ1) is 16.1. The van der Waals surface area contributed by atoms with Crippen molar-refractivity contribution in [3.63, 3.8) is 0 Å². The number of aromatic hydroxyl groups is 1. The summed E-state index contributed by atoms with van der Waals surface area (Å²) in [4.78, 5) is 23.9. The average molecular weight is 340 g/mol. The molecule has 3 rings (SSSR count). The molecule has 24 heavy (non-hydrogen) atoms. The zero-order chi connectivity index (χ0) is 17.6. The number of alkyl halides is 3. The first-order valence-corrected chi connectivity index (χ1v) is 7.06. The van der Waals surface area contributed by atoms with E-state index in [0.717, 1.165) is 6.07 Å². The normalized spacial score (nSPS) is 12.2. The maximum absolute atomic E-state index is 12.8. The van der Waals surface area contributed by atoms with Gasteiger partial charge in [-0.25, -0.2) is 4.79 Å². The van der Waals surface area contributed by atoms with Crippen molar-refractivity contribution >= 4 is 21.9 Å². The second-order valence-electron chi connectivity index (χ2n) is 5.29. The number of fused-ring (bicyclic) bond motifs is 3. The minimum atomic E-state index is -4.86. The van der Waals surface area contributed by atoms with Crippen molar-refractivity contribution in [3.05, 3.63) is 50.2 Å². The Morgan fingerprint density at radius 2 is 1.79 bits per heavy atom. The van der Waals surface area contributed by atoms with E-state index in [1.54, 1.807) is 0 Å². The summed E-state index contributed by atoms with van der Waals surface area (Å²) in [7, 11) is 0. The van der Waals surface area contributed by atoms with Crippen LogP contribution in [0.1, 0.15) is 24.7 Å². The highest BCUT2D eigenvalue weighted by Gasteiger charge is 2.35. The number of hydrogen-bond acceptors (Lipinski definition) is 5. The lowest BCUT2D eigenvalue weighted by atomic mass is 10.0. The summed E-state index contributed by atoms with van der Waals surface area (Å²) < 4.78 is 48.0. The van der Waals surface area contributed by atoms with Crippen molar-refractivity contribution < 1.29 is 27.1 Å². The Hall–Kier alpha value is -2.77. The lowest BCUT2D eigenvalue weighted by molar-refractivity contribution is -0.152. The van der Waals surface area contributed by atoms with Gasteiger partial charge in [0.15, 0.2) is 11.0 Å². The van der Waals surface area contributed by atoms with Gasteiger partial charge >= 0.3 is 11.8 Å². The first-order chi connectivity index (χ1) is 11.2. The topological polar surface area (TPSA) is 80.7 Å². The van der Waals surface area contributed by atoms with Gasteiger partial charge in [-0.2, -0.15) is 13.2 Å². The van der Waals surface area contributed by atoms with Crippen molar-refractivity contribution in [1.29, 1.82) is 0 Å². The Balaban J connectivity index is 2.52. The molecule has 0 fully saturated rings. The number of phenolic OH excluding ortho intramolecular Hbond substituents is 1. The molecular weight excluding hydrogens is 329 g/mol. The molecule has 0 bridgehead atoms. The Morgan fingerprint density at radius 1 is 1.08 bits per heavy atom. The van der Waals surface area contributed by atoms with Crippen LogP contribution in [0.2, 0.25) is 0 Å². The minimum Gasteiger partial charge on any atom is -0.507 e. The van der Waals surface area contributed by atoms with Crippen LogP contribution in [-0.2, 0) is 12.6 Å². The van der Waals surface area contributed by atoms with Gasteiger partial charge in [-0.05, 0) is 12.0 Å². The number of aryl methyl sites for hydroxylation is 1. The molecule has 126 valence electrons. The van der Waals surface area contributed by atoms with E-state index in [4.69, 9.17) is 4.42 Å². The number of halogens is 3. The van der Waals surface area contributed by atoms with Gasteiger partial charge in [0, 0.05) is 18.2 Å². The van der Waals surface area contributed by atoms with Gasteiger partial charge < -0.3 is 13.9 Å². The molecule has 0 aliphatic carbocycles. The van der Waals surface area contributed by atoms with Gasteiger partial charge in [0.2, 0.25) is 5.76 Å². The standard InChI is InChI=1S/C16H11F3O5/c1-2-3-7-4-12(22)24-15-13(7)8(20)5-10-14(15)9(21)6-11(23-10)16(17,18)19/h4-6,20H,2-3H2,1H3. The molecule has 0 saturated carbocycles. The summed E-state index contributed by atoms with van der Waals surface area (Å²) in [6, 6.07) is 2.40. The van der Waals surface area contributed by atoms with Gasteiger partial charge in [-0.1, -0.05) is 13.3 Å². The fraction of sp³-hybridized carbons (Fsp3) is 0.250. The molecule has 0 spiro atoms. The Morgan fingerprint density at radius 3 is 2.42 bits per heavy atom. The second kappa shape index (κ2) is 5.40. The quantitative estimate of drug-likeness (QED) is 0.570. The third kappa shape index (κ3) is 2.53. The molecule has 0 amide bonds. The van der Waals surface area contributed by atoms with Gasteiger partial charge in [-0.15, -0.1) is 0 Å². The Kier molecular flexibility index (Phi) is 3.62. The zero-order valence-corrected chi connectivity index (χ0v) is 12.4. The van der Waals surface area contributed by atoms with Crippen LogP contribution >= 0.6 is 0 Å². The molecule has 8 heteroatoms. The molecule has 0 saturated heterocycles. The van der Waals surface area contributed by atoms with Crippen molar-refractivity contribution in [1.82, 2.24) is 0 Å². The summed E-state index contributed by atoms with van der Waals surface area (Å²) in [5, 5.41) is 9.95. The maximum atomic E-state index is 12.8. The molecule has 3 aromatic rings. The third-order valence-corrected chi connectivity index (χ3v) is 3.57. The van der Waals surface area contributed by atoms with Crippen LogP contribution in [0, 0.1) is 0 Å². The number of benzene rings is 1. The van der Waals surface area contributed by atoms with E-state index in [9.17, 15) is 27.9 Å². The van der Waals surface area contributed by atoms with Crippen LogP contribution in [0.4, 0.5) is 13.2 Å². The van der Waals surface area contributed by atoms with Crippen molar-refractivity contribution in [3.8, 4) is 5.75 Å². The molecule has 2 aromatic heterocycles. The van der Waals surface area contributed by atoms with Crippen LogP contribution in [0.15, 0.2) is 36.6 Å². The van der Waals surface area contributed by atoms with Gasteiger partial charge in [-0.3, -0.25) is 4.79 Å². The molecule has 0 radical (unpaired) electrons. The molecule has 1 aromatic carbocycles. The molecule has 1 N–H and O–H groups in total. The van der Waals surface area contributed by atoms with E-state index in [2.05, 4.69) is 4.42 Å². The van der Waals surface area contributed by atoms with E-state index in [-0.39, 0.29) is 16.4 Å². The lowest BCUT2D eigenvalue weighted by Gasteiger charge is -2.10. The van der Waals surface area contributed by atoms with Crippen molar-refractivity contribution in [2.75, 3.05) is 0 Å². The Labute approximate surface area is 131 Å². The highest BCUT2D eigenvalue weighted by molar-refractivity contribution is 6.05. The van der Waals surface area contributed by atoms with Gasteiger partial charge in [0.25, 0.3) is 0 Å². The summed E-state index contributed by atoms with van der Waals surface area (Å²) in [5.41, 5.74) is -2.11. The van der Waals surface area contributed by atoms with Crippen LogP contribution in [0.3, 0.4) is 0 Å². The number of rotatable bonds is 2. The second-order valence-corrected chi connectivity index (χ2v) is 5.29. The van der Waals surface area contributed by atoms with Crippen LogP contribution in [0.5, 0.6) is 5.75 Å². The van der Waals surface area contributed by atoms with Crippen LogP contribution in [-0.4, -0.2) is 5.11 Å². The van der Waals surface area contributed by atoms with Gasteiger partial charge in [0.1, 0.15) is 16.7 Å². The molecule has 0 aliphatic heterocycles. The van der Waals surface area contributed by atoms with E-state index in [0.29, 0.717) is 24.5 Å². The van der Waals surface area contributed by atoms with E-state index in [1.165, 1.54) is 6.07 Å². The number of hydrogen-bond donors (Lipinski definition) is 1. The molecular formula is C16H11F3O5. The monoisotopic (exact) mass is 340 g/mol. The van der Waals surface area contributed by atoms with E-state index in [1.807, 2.05) is 6.92 Å². The molecule has 2 heterocycles. The zero-order valence-electron chi connectivity index (χ0n) is 12.4. The highest BCUT2D eigenvalue weighted by atomic mass is 19.4. The lowest BCUT2D eigenvalue weighted by Crippen LogP contribution is -2.12. The van der Waals surface area contributed by atoms with Crippen molar-refractivity contribution in [2.24, 2.45) is 0 Å². The molecule has 0 aliphatic rings. The predicted molar refractivity (Wildman–Crippen MR) is 79.2 cm³/mol. The first-order valence-electron chi connectivity index (χ1n) is 7.06. The fourth-order valence-electron chi connectivity index (χ4n) is 2.64. The summed E-state index contributed by atoms with van der Waals surface area (Å²) in [6.45, 7) is 1.85. The van der Waals surface area contributed by atoms with Crippen molar-refractivity contribution in [2.45, 2.75) is 25.9 Å². The smallest absolute Gasteiger partial charge is 0.449 e. The highest BCUT2D eigenvalue weighted by Crippen LogP contribution is 2.36. The summed E-state index contributed by atoms with van der Waals surface area (Å²) in [6.07, 6.45) is -3.78. The van der Waals surface area contributed by atoms with E-state index < -0.39 is 34.3 Å².